The highest BCUT2D eigenvalue weighted by atomic mass is 79.9. The molecule has 8 nitrogen and oxygen atoms in total. The van der Waals surface area contributed by atoms with Gasteiger partial charge in [-0.15, -0.1) is 0 Å². The molecule has 240 valence electrons. The standard InChI is InChI=1S/C37H27BrClN3O5S/c1-3-46-36(44)32-33(24-7-5-4-6-8-24)41-37-42(34(32)28-19-26(38)13-15-30(28)45-2)35(43)31(48-37)18-25-17-27(39)14-16-29(25)47-21-23-11-9-22(20-40)10-12-23/h4-19,34H,3,21H2,1-2H3/b31-18-/t34-/m1/s1. The van der Waals surface area contributed by atoms with Gasteiger partial charge in [-0.05, 0) is 67.1 Å². The molecule has 1 aliphatic rings. The van der Waals surface area contributed by atoms with Crippen LogP contribution in [-0.2, 0) is 16.1 Å². The highest BCUT2D eigenvalue weighted by Crippen LogP contribution is 2.40. The van der Waals surface area contributed by atoms with Crippen molar-refractivity contribution in [2.75, 3.05) is 13.7 Å². The van der Waals surface area contributed by atoms with Gasteiger partial charge >= 0.3 is 5.97 Å². The number of benzene rings is 4. The number of nitriles is 1. The van der Waals surface area contributed by atoms with Crippen LogP contribution in [0.3, 0.4) is 0 Å². The largest absolute Gasteiger partial charge is 0.496 e. The molecule has 0 unspecified atom stereocenters. The maximum atomic E-state index is 14.4. The van der Waals surface area contributed by atoms with Crippen LogP contribution < -0.4 is 24.4 Å². The second-order valence-corrected chi connectivity index (χ2v) is 13.0. The Bertz CT molecular complexity index is 2280. The molecule has 0 radical (unpaired) electrons. The smallest absolute Gasteiger partial charge is 0.338 e. The number of carbonyl (C=O) groups excluding carboxylic acids is 1. The molecule has 1 aliphatic heterocycles. The lowest BCUT2D eigenvalue weighted by molar-refractivity contribution is -0.138. The fourth-order valence-electron chi connectivity index (χ4n) is 5.39. The van der Waals surface area contributed by atoms with Crippen molar-refractivity contribution in [1.82, 2.24) is 4.57 Å². The molecular weight excluding hydrogens is 714 g/mol. The van der Waals surface area contributed by atoms with E-state index in [0.717, 1.165) is 10.0 Å². The van der Waals surface area contributed by atoms with Crippen molar-refractivity contribution in [2.24, 2.45) is 4.99 Å². The van der Waals surface area contributed by atoms with Gasteiger partial charge in [-0.25, -0.2) is 9.79 Å². The van der Waals surface area contributed by atoms with E-state index in [1.54, 1.807) is 56.5 Å². The summed E-state index contributed by atoms with van der Waals surface area (Å²) in [7, 11) is 1.54. The molecule has 2 heterocycles. The Balaban J connectivity index is 1.55. The molecule has 11 heteroatoms. The van der Waals surface area contributed by atoms with Gasteiger partial charge in [-0.2, -0.15) is 5.26 Å². The van der Waals surface area contributed by atoms with E-state index in [1.807, 2.05) is 54.6 Å². The highest BCUT2D eigenvalue weighted by molar-refractivity contribution is 9.10. The molecule has 0 fully saturated rings. The Labute approximate surface area is 293 Å². The van der Waals surface area contributed by atoms with Crippen molar-refractivity contribution >= 4 is 56.6 Å². The molecule has 0 saturated carbocycles. The van der Waals surface area contributed by atoms with Crippen LogP contribution in [0.15, 0.2) is 111 Å². The van der Waals surface area contributed by atoms with E-state index >= 15 is 0 Å². The number of methoxy groups -OCH3 is 1. The number of halogens is 2. The van der Waals surface area contributed by atoms with Crippen LogP contribution in [0.4, 0.5) is 0 Å². The normalized spacial score (nSPS) is 14.1. The summed E-state index contributed by atoms with van der Waals surface area (Å²) < 4.78 is 20.1. The first kappa shape index (κ1) is 33.0. The lowest BCUT2D eigenvalue weighted by atomic mass is 9.92. The number of fused-ring (bicyclic) bond motifs is 1. The number of esters is 1. The molecule has 48 heavy (non-hydrogen) atoms. The third-order valence-electron chi connectivity index (χ3n) is 7.60. The maximum absolute atomic E-state index is 14.4. The van der Waals surface area contributed by atoms with E-state index in [4.69, 9.17) is 36.1 Å². The zero-order chi connectivity index (χ0) is 33.8. The van der Waals surface area contributed by atoms with Crippen LogP contribution >= 0.6 is 38.9 Å². The second kappa shape index (κ2) is 14.4. The summed E-state index contributed by atoms with van der Waals surface area (Å²) in [5, 5.41) is 9.58. The summed E-state index contributed by atoms with van der Waals surface area (Å²) in [6, 6.07) is 28.3. The van der Waals surface area contributed by atoms with E-state index < -0.39 is 12.0 Å². The predicted octanol–water partition coefficient (Wildman–Crippen LogP) is 6.81. The van der Waals surface area contributed by atoms with Gasteiger partial charge in [0.25, 0.3) is 5.56 Å². The average molecular weight is 741 g/mol. The summed E-state index contributed by atoms with van der Waals surface area (Å²) in [5.74, 6) is 0.411. The van der Waals surface area contributed by atoms with Crippen LogP contribution in [0.2, 0.25) is 5.02 Å². The van der Waals surface area contributed by atoms with Crippen molar-refractivity contribution < 1.29 is 19.0 Å². The van der Waals surface area contributed by atoms with Crippen LogP contribution in [0.25, 0.3) is 11.8 Å². The first-order chi connectivity index (χ1) is 23.3. The van der Waals surface area contributed by atoms with Gasteiger partial charge in [0.2, 0.25) is 0 Å². The third kappa shape index (κ3) is 6.71. The summed E-state index contributed by atoms with van der Waals surface area (Å²) in [4.78, 5) is 33.6. The topological polar surface area (TPSA) is 103 Å². The SMILES string of the molecule is CCOC(=O)C1=C(c2ccccc2)N=c2s/c(=C\c3cc(Cl)ccc3OCc3ccc(C#N)cc3)c(=O)n2[C@@H]1c1cc(Br)ccc1OC. The van der Waals surface area contributed by atoms with E-state index in [-0.39, 0.29) is 24.3 Å². The van der Waals surface area contributed by atoms with Crippen LogP contribution in [0, 0.1) is 11.3 Å². The lowest BCUT2D eigenvalue weighted by Crippen LogP contribution is -2.40. The number of carbonyl (C=O) groups is 1. The molecule has 0 spiro atoms. The van der Waals surface area contributed by atoms with Crippen molar-refractivity contribution in [2.45, 2.75) is 19.6 Å². The number of hydrogen-bond donors (Lipinski definition) is 0. The molecule has 6 rings (SSSR count). The fourth-order valence-corrected chi connectivity index (χ4v) is 6.95. The molecular formula is C37H27BrClN3O5S. The van der Waals surface area contributed by atoms with Crippen molar-refractivity contribution in [3.05, 3.63) is 154 Å². The summed E-state index contributed by atoms with van der Waals surface area (Å²) >= 11 is 11.2. The summed E-state index contributed by atoms with van der Waals surface area (Å²) in [5.41, 5.74) is 3.56. The molecule has 5 aromatic rings. The predicted molar refractivity (Wildman–Crippen MR) is 189 cm³/mol. The van der Waals surface area contributed by atoms with Crippen molar-refractivity contribution in [3.8, 4) is 17.6 Å². The monoisotopic (exact) mass is 739 g/mol. The Hall–Kier alpha value is -4.95. The van der Waals surface area contributed by atoms with Gasteiger partial charge < -0.3 is 14.2 Å². The molecule has 0 saturated heterocycles. The lowest BCUT2D eigenvalue weighted by Gasteiger charge is -2.27. The second-order valence-electron chi connectivity index (χ2n) is 10.6. The summed E-state index contributed by atoms with van der Waals surface area (Å²) in [6.07, 6.45) is 1.72. The van der Waals surface area contributed by atoms with Gasteiger partial charge in [0, 0.05) is 26.2 Å². The number of hydrogen-bond acceptors (Lipinski definition) is 8. The maximum Gasteiger partial charge on any atom is 0.338 e. The Morgan fingerprint density at radius 2 is 1.81 bits per heavy atom. The van der Waals surface area contributed by atoms with Gasteiger partial charge in [0.1, 0.15) is 24.1 Å². The Morgan fingerprint density at radius 3 is 2.52 bits per heavy atom. The third-order valence-corrected chi connectivity index (χ3v) is 9.31. The first-order valence-corrected chi connectivity index (χ1v) is 16.8. The van der Waals surface area contributed by atoms with Gasteiger partial charge in [0.15, 0.2) is 4.80 Å². The quantitative estimate of drug-likeness (QED) is 0.154. The average Bonchev–Trinajstić information content (AvgIpc) is 3.41. The van der Waals surface area contributed by atoms with Crippen LogP contribution in [0.5, 0.6) is 11.5 Å². The van der Waals surface area contributed by atoms with Gasteiger partial charge in [-0.1, -0.05) is 81.3 Å². The Morgan fingerprint density at radius 1 is 1.06 bits per heavy atom. The minimum atomic E-state index is -0.920. The molecule has 0 amide bonds. The summed E-state index contributed by atoms with van der Waals surface area (Å²) in [6.45, 7) is 2.11. The zero-order valence-corrected chi connectivity index (χ0v) is 28.9. The van der Waals surface area contributed by atoms with E-state index in [1.165, 1.54) is 15.9 Å². The highest BCUT2D eigenvalue weighted by Gasteiger charge is 2.37. The molecule has 1 atom stereocenters. The van der Waals surface area contributed by atoms with Crippen LogP contribution in [0.1, 0.15) is 40.8 Å². The van der Waals surface area contributed by atoms with Crippen LogP contribution in [-0.4, -0.2) is 24.3 Å². The molecule has 0 N–H and O–H groups in total. The van der Waals surface area contributed by atoms with E-state index in [2.05, 4.69) is 22.0 Å². The van der Waals surface area contributed by atoms with Gasteiger partial charge in [0.05, 0.1) is 41.2 Å². The minimum Gasteiger partial charge on any atom is -0.496 e. The molecule has 4 aromatic carbocycles. The molecule has 0 aliphatic carbocycles. The van der Waals surface area contributed by atoms with E-state index in [0.29, 0.717) is 53.8 Å². The molecule has 0 bridgehead atoms. The first-order valence-electron chi connectivity index (χ1n) is 14.8. The number of ether oxygens (including phenoxy) is 3. The minimum absolute atomic E-state index is 0.136. The van der Waals surface area contributed by atoms with Crippen molar-refractivity contribution in [1.29, 1.82) is 5.26 Å². The number of thiazole rings is 1. The number of aromatic nitrogens is 1. The number of nitrogens with zero attached hydrogens (tertiary/aromatic N) is 3. The number of rotatable bonds is 9. The zero-order valence-electron chi connectivity index (χ0n) is 25.8. The fraction of sp³-hybridized carbons (Fsp3) is 0.135. The Kier molecular flexibility index (Phi) is 9.92. The molecule has 1 aromatic heterocycles. The van der Waals surface area contributed by atoms with E-state index in [9.17, 15) is 9.59 Å². The van der Waals surface area contributed by atoms with Crippen molar-refractivity contribution in [3.63, 3.8) is 0 Å². The van der Waals surface area contributed by atoms with Gasteiger partial charge in [-0.3, -0.25) is 9.36 Å².